The normalized spacial score (nSPS) is 18.3. The lowest BCUT2D eigenvalue weighted by Gasteiger charge is -2.38. The van der Waals surface area contributed by atoms with Crippen LogP contribution in [0.3, 0.4) is 0 Å². The maximum atomic E-state index is 13.4. The van der Waals surface area contributed by atoms with E-state index in [0.717, 1.165) is 70.8 Å². The third kappa shape index (κ3) is 28.7. The Labute approximate surface area is 707 Å². The molecule has 7 aromatic rings. The van der Waals surface area contributed by atoms with Crippen molar-refractivity contribution in [1.29, 1.82) is 0 Å². The topological polar surface area (TPSA) is 46.5 Å². The number of benzene rings is 7. The maximum Gasteiger partial charge on any atom is 0.337 e. The van der Waals surface area contributed by atoms with Gasteiger partial charge in [-0.25, -0.2) is 22.4 Å². The second kappa shape index (κ2) is 49.2. The van der Waals surface area contributed by atoms with Crippen molar-refractivity contribution in [2.75, 3.05) is 7.11 Å². The smallest absolute Gasteiger partial charge is 0.337 e. The largest absolute Gasteiger partial charge is 0.465 e. The zero-order valence-electron chi connectivity index (χ0n) is 71.2. The first kappa shape index (κ1) is 95.7. The Morgan fingerprint density at radius 1 is 0.395 bits per heavy atom. The van der Waals surface area contributed by atoms with E-state index in [1.807, 2.05) is 54.6 Å². The fourth-order valence-electron chi connectivity index (χ4n) is 20.5. The van der Waals surface area contributed by atoms with Gasteiger partial charge < -0.3 is 9.84 Å². The third-order valence-electron chi connectivity index (χ3n) is 26.0. The quantitative estimate of drug-likeness (QED) is 0.0443. The van der Waals surface area contributed by atoms with Crippen LogP contribution in [0.25, 0.3) is 0 Å². The molecule has 7 aromatic carbocycles. The molecule has 6 fully saturated rings. The van der Waals surface area contributed by atoms with Gasteiger partial charge in [0, 0.05) is 31.6 Å². The van der Waals surface area contributed by atoms with Crippen molar-refractivity contribution < 1.29 is 32.2 Å². The van der Waals surface area contributed by atoms with Gasteiger partial charge in [0.05, 0.1) is 19.3 Å². The van der Waals surface area contributed by atoms with Gasteiger partial charge in [0.1, 0.15) is 23.3 Å². The lowest BCUT2D eigenvalue weighted by molar-refractivity contribution is 0.0600. The molecular weight excluding hydrogens is 1500 g/mol. The van der Waals surface area contributed by atoms with Gasteiger partial charge in [0.25, 0.3) is 0 Å². The number of allylic oxidation sites excluding steroid dienone is 2. The molecule has 13 rings (SSSR count). The van der Waals surface area contributed by atoms with Gasteiger partial charge in [-0.1, -0.05) is 321 Å². The first-order valence-corrected chi connectivity index (χ1v) is 45.9. The van der Waals surface area contributed by atoms with Crippen LogP contribution in [0.2, 0.25) is 20.1 Å². The molecule has 1 N–H and O–H groups in total. The zero-order chi connectivity index (χ0) is 82.5. The van der Waals surface area contributed by atoms with Crippen LogP contribution in [-0.2, 0) is 50.3 Å². The Balaban J connectivity index is 0.000000184. The molecule has 0 radical (unpaired) electrons. The lowest BCUT2D eigenvalue weighted by atomic mass is 9.67. The van der Waals surface area contributed by atoms with Crippen molar-refractivity contribution in [2.24, 2.45) is 5.92 Å². The first-order valence-electron chi connectivity index (χ1n) is 44.4. The molecule has 0 atom stereocenters. The molecule has 0 bridgehead atoms. The van der Waals surface area contributed by atoms with Crippen LogP contribution in [0.15, 0.2) is 164 Å². The summed E-state index contributed by atoms with van der Waals surface area (Å²) in [5, 5.41) is 12.1. The Morgan fingerprint density at radius 2 is 0.772 bits per heavy atom. The molecular formula is C103H140Cl4F4O3. The van der Waals surface area contributed by atoms with E-state index < -0.39 is 11.6 Å². The van der Waals surface area contributed by atoms with Crippen molar-refractivity contribution in [3.63, 3.8) is 0 Å². The summed E-state index contributed by atoms with van der Waals surface area (Å²) in [5.74, 6) is -0.845. The van der Waals surface area contributed by atoms with E-state index in [2.05, 4.69) is 127 Å². The average molecular weight is 1640 g/mol. The summed E-state index contributed by atoms with van der Waals surface area (Å²) in [4.78, 5) is 11.1. The molecule has 0 saturated heterocycles. The van der Waals surface area contributed by atoms with Crippen LogP contribution in [0.4, 0.5) is 17.6 Å². The van der Waals surface area contributed by atoms with E-state index in [4.69, 9.17) is 51.5 Å². The minimum absolute atomic E-state index is 0.0238. The number of aliphatic hydroxyl groups excluding tert-OH is 1. The van der Waals surface area contributed by atoms with E-state index in [1.165, 1.54) is 283 Å². The van der Waals surface area contributed by atoms with E-state index >= 15 is 0 Å². The average Bonchev–Trinajstić information content (AvgIpc) is 0.841. The predicted molar refractivity (Wildman–Crippen MR) is 479 cm³/mol. The standard InChI is InChI=1S/C16H24O.C15H20Cl2.C15H20ClF.C15H19Cl.C15H20F2.C15H21F.C12H16O2/c1-2-10-16(11-4-3-5-12-16)15-8-6-14(13-17)7-9-15;1-2-6-15(7-4-3-5-8-15)12-9-13(16)11-14(17)10-12;1-2-8-15(9-4-3-5-10-15)13-7-6-12(17)11-14(13)16;1-2-10-15(11-4-3-5-12-15)13-6-8-14(16)9-7-13;1-2-6-15(7-4-3-5-8-15)12-9-13(16)11-14(17)10-12;1-2-9-15(10-4-3-5-11-15)13-7-6-8-14(16)12-13;1-9(2)8-10-4-6-11(7-5-10)12(13)14-3/h6-9,17H,2-5,10-13H2,1H3;9-11H,2-8H2,1H3;6-7,11H,2-5,8-10H2,1H3;2,6-10H,3-5,11-12H2,1H3;9-11H,2-8H2,1H3;6-8,12H,2-5,9-11H2,1H3;4-7,9H,8H2,1-3H3/b;;;10-2+;;;. The number of rotatable bonds is 21. The Morgan fingerprint density at radius 3 is 1.18 bits per heavy atom. The van der Waals surface area contributed by atoms with Crippen LogP contribution in [-0.4, -0.2) is 18.2 Å². The van der Waals surface area contributed by atoms with Gasteiger partial charge in [-0.15, -0.1) is 0 Å². The summed E-state index contributed by atoms with van der Waals surface area (Å²) < 4.78 is 57.8. The SMILES string of the molecule is C/C=C/C1(c2ccc(Cl)cc2)CCCCC1.CCCC1(c2cc(Cl)cc(Cl)c2)CCCCC1.CCCC1(c2cc(F)cc(F)c2)CCCCC1.CCCC1(c2ccc(CO)cc2)CCCCC1.CCCC1(c2ccc(F)cc2Cl)CCCCC1.CCCC1(c2cccc(F)c2)CCCCC1.COC(=O)c1ccc(CC(C)C)cc1. The number of hydrogen-bond donors (Lipinski definition) is 1. The molecule has 11 heteroatoms. The van der Waals surface area contributed by atoms with E-state index in [0.29, 0.717) is 27.3 Å². The molecule has 0 heterocycles. The summed E-state index contributed by atoms with van der Waals surface area (Å²) in [6.07, 6.45) is 56.1. The number of carbonyl (C=O) groups excluding carboxylic acids is 1. The summed E-state index contributed by atoms with van der Waals surface area (Å²) in [6, 6.07) is 46.9. The van der Waals surface area contributed by atoms with Crippen molar-refractivity contribution in [3.05, 3.63) is 257 Å². The van der Waals surface area contributed by atoms with Crippen LogP contribution in [0, 0.1) is 29.2 Å². The molecule has 6 aliphatic carbocycles. The van der Waals surface area contributed by atoms with Gasteiger partial charge in [-0.2, -0.15) is 0 Å². The van der Waals surface area contributed by atoms with Crippen LogP contribution >= 0.6 is 46.4 Å². The summed E-state index contributed by atoms with van der Waals surface area (Å²) in [5.41, 5.74) is 12.0. The molecule has 3 nitrogen and oxygen atoms in total. The Bertz CT molecular complexity index is 3760. The monoisotopic (exact) mass is 1640 g/mol. The van der Waals surface area contributed by atoms with E-state index in [9.17, 15) is 22.4 Å². The van der Waals surface area contributed by atoms with Crippen LogP contribution in [0.5, 0.6) is 0 Å². The highest BCUT2D eigenvalue weighted by atomic mass is 35.5. The first-order chi connectivity index (χ1) is 55.0. The highest BCUT2D eigenvalue weighted by Gasteiger charge is 2.39. The maximum absolute atomic E-state index is 13.4. The van der Waals surface area contributed by atoms with Gasteiger partial charge in [0.15, 0.2) is 0 Å². The highest BCUT2D eigenvalue weighted by molar-refractivity contribution is 6.34. The number of ether oxygens (including phenoxy) is 1. The molecule has 0 amide bonds. The van der Waals surface area contributed by atoms with Crippen molar-refractivity contribution >= 4 is 52.4 Å². The van der Waals surface area contributed by atoms with Crippen LogP contribution in [0.1, 0.15) is 367 Å². The molecule has 626 valence electrons. The highest BCUT2D eigenvalue weighted by Crippen LogP contribution is 2.50. The van der Waals surface area contributed by atoms with Crippen LogP contribution < -0.4 is 0 Å². The minimum atomic E-state index is -0.443. The summed E-state index contributed by atoms with van der Waals surface area (Å²) >= 11 is 24.5. The van der Waals surface area contributed by atoms with Crippen molar-refractivity contribution in [2.45, 2.75) is 358 Å². The number of carbonyl (C=O) groups is 1. The van der Waals surface area contributed by atoms with E-state index in [1.54, 1.807) is 18.2 Å². The minimum Gasteiger partial charge on any atom is -0.465 e. The second-order valence-corrected chi connectivity index (χ2v) is 36.5. The molecule has 6 saturated carbocycles. The molecule has 0 spiro atoms. The number of aliphatic hydroxyl groups is 1. The Hall–Kier alpha value is -5.41. The van der Waals surface area contributed by atoms with Crippen molar-refractivity contribution in [1.82, 2.24) is 0 Å². The van der Waals surface area contributed by atoms with Gasteiger partial charge in [-0.05, 0) is 279 Å². The lowest BCUT2D eigenvalue weighted by Crippen LogP contribution is -2.29. The third-order valence-corrected chi connectivity index (χ3v) is 27.0. The van der Waals surface area contributed by atoms with E-state index in [-0.39, 0.29) is 45.9 Å². The Kier molecular flexibility index (Phi) is 41.3. The van der Waals surface area contributed by atoms with Gasteiger partial charge >= 0.3 is 5.97 Å². The fraction of sp³-hybridized carbons (Fsp3) is 0.563. The number of methoxy groups -OCH3 is 1. The second-order valence-electron chi connectivity index (χ2n) is 34.8. The number of esters is 1. The van der Waals surface area contributed by atoms with Crippen molar-refractivity contribution in [3.8, 4) is 0 Å². The molecule has 0 aliphatic heterocycles. The molecule has 114 heavy (non-hydrogen) atoms. The fourth-order valence-corrected chi connectivity index (χ4v) is 21.6. The zero-order valence-corrected chi connectivity index (χ0v) is 74.2. The summed E-state index contributed by atoms with van der Waals surface area (Å²) in [6.45, 7) is 17.8. The molecule has 0 aromatic heterocycles. The number of hydrogen-bond acceptors (Lipinski definition) is 3. The predicted octanol–water partition coefficient (Wildman–Crippen LogP) is 33.2. The van der Waals surface area contributed by atoms with Gasteiger partial charge in [-0.3, -0.25) is 0 Å². The van der Waals surface area contributed by atoms with Gasteiger partial charge in [0.2, 0.25) is 0 Å². The molecule has 0 unspecified atom stereocenters. The number of halogens is 8. The molecule has 6 aliphatic rings. The summed E-state index contributed by atoms with van der Waals surface area (Å²) in [7, 11) is 1.39.